The van der Waals surface area contributed by atoms with Crippen LogP contribution < -0.4 is 10.6 Å². The number of rotatable bonds is 5. The summed E-state index contributed by atoms with van der Waals surface area (Å²) in [5, 5.41) is 6.49. The van der Waals surface area contributed by atoms with Crippen LogP contribution in [0.2, 0.25) is 0 Å². The van der Waals surface area contributed by atoms with Crippen LogP contribution in [0.5, 0.6) is 0 Å². The summed E-state index contributed by atoms with van der Waals surface area (Å²) in [7, 11) is 0. The molecule has 7 nitrogen and oxygen atoms in total. The summed E-state index contributed by atoms with van der Waals surface area (Å²) in [4.78, 5) is 28.9. The minimum absolute atomic E-state index is 0.150. The second-order valence-corrected chi connectivity index (χ2v) is 6.40. The van der Waals surface area contributed by atoms with Gasteiger partial charge in [-0.3, -0.25) is 14.2 Å². The summed E-state index contributed by atoms with van der Waals surface area (Å²) in [6, 6.07) is 10.5. The van der Waals surface area contributed by atoms with E-state index in [2.05, 4.69) is 15.6 Å². The van der Waals surface area contributed by atoms with Crippen molar-refractivity contribution in [1.29, 1.82) is 0 Å². The van der Waals surface area contributed by atoms with Crippen LogP contribution in [-0.2, 0) is 16.1 Å². The van der Waals surface area contributed by atoms with Gasteiger partial charge in [-0.25, -0.2) is 4.98 Å². The molecule has 0 bridgehead atoms. The molecule has 1 aromatic carbocycles. The molecule has 2 N–H and O–H groups in total. The molecular formula is C18H16N4O3S. The molecular weight excluding hydrogens is 352 g/mol. The first-order valence-electron chi connectivity index (χ1n) is 8.25. The van der Waals surface area contributed by atoms with E-state index in [4.69, 9.17) is 16.6 Å². The summed E-state index contributed by atoms with van der Waals surface area (Å²) in [5.74, 6) is 1.00. The van der Waals surface area contributed by atoms with E-state index >= 15 is 0 Å². The molecule has 1 unspecified atom stereocenters. The van der Waals surface area contributed by atoms with E-state index in [1.807, 2.05) is 24.3 Å². The highest BCUT2D eigenvalue weighted by molar-refractivity contribution is 7.71. The zero-order chi connectivity index (χ0) is 18.1. The molecule has 2 aromatic heterocycles. The van der Waals surface area contributed by atoms with E-state index in [1.165, 1.54) is 0 Å². The topological polar surface area (TPSA) is 89.2 Å². The number of fused-ring (bicyclic) bond motifs is 3. The summed E-state index contributed by atoms with van der Waals surface area (Å²) < 4.78 is 7.22. The molecule has 132 valence electrons. The van der Waals surface area contributed by atoms with Gasteiger partial charge in [-0.15, -0.1) is 0 Å². The SMILES string of the molecule is O=C(CCC1C(=O)Nc2c3ccccc3nc(=S)n21)NCc1ccco1. The van der Waals surface area contributed by atoms with Crippen molar-refractivity contribution in [3.8, 4) is 0 Å². The standard InChI is InChI=1S/C18H16N4O3S/c23-15(19-10-11-4-3-9-25-11)8-7-14-17(24)21-16-12-5-1-2-6-13(12)20-18(26)22(14)16/h1-6,9,14H,7-8,10H2,(H,19,23)(H,21,24). The Morgan fingerprint density at radius 3 is 2.96 bits per heavy atom. The van der Waals surface area contributed by atoms with Crippen LogP contribution in [0.15, 0.2) is 47.1 Å². The molecule has 1 aliphatic rings. The minimum Gasteiger partial charge on any atom is -0.467 e. The Bertz CT molecular complexity index is 1040. The molecule has 4 rings (SSSR count). The lowest BCUT2D eigenvalue weighted by Gasteiger charge is -2.13. The third-order valence-electron chi connectivity index (χ3n) is 4.36. The zero-order valence-electron chi connectivity index (χ0n) is 13.8. The highest BCUT2D eigenvalue weighted by Crippen LogP contribution is 2.33. The first kappa shape index (κ1) is 16.5. The van der Waals surface area contributed by atoms with Gasteiger partial charge in [-0.2, -0.15) is 0 Å². The van der Waals surface area contributed by atoms with Crippen molar-refractivity contribution < 1.29 is 14.0 Å². The molecule has 0 spiro atoms. The van der Waals surface area contributed by atoms with Gasteiger partial charge in [0.2, 0.25) is 16.6 Å². The lowest BCUT2D eigenvalue weighted by molar-refractivity contribution is -0.122. The molecule has 1 aliphatic heterocycles. The first-order valence-corrected chi connectivity index (χ1v) is 8.65. The van der Waals surface area contributed by atoms with E-state index in [0.29, 0.717) is 29.3 Å². The van der Waals surface area contributed by atoms with Crippen molar-refractivity contribution >= 4 is 40.8 Å². The Balaban J connectivity index is 1.50. The molecule has 0 radical (unpaired) electrons. The predicted molar refractivity (Wildman–Crippen MR) is 98.0 cm³/mol. The normalized spacial score (nSPS) is 15.7. The molecule has 0 saturated heterocycles. The van der Waals surface area contributed by atoms with E-state index in [9.17, 15) is 9.59 Å². The summed E-state index contributed by atoms with van der Waals surface area (Å²) in [6.45, 7) is 0.324. The van der Waals surface area contributed by atoms with Crippen molar-refractivity contribution in [2.45, 2.75) is 25.4 Å². The maximum atomic E-state index is 12.4. The molecule has 26 heavy (non-hydrogen) atoms. The number of para-hydroxylation sites is 1. The summed E-state index contributed by atoms with van der Waals surface area (Å²) in [5.41, 5.74) is 0.737. The fourth-order valence-electron chi connectivity index (χ4n) is 3.10. The van der Waals surface area contributed by atoms with E-state index in [0.717, 1.165) is 10.9 Å². The number of benzene rings is 1. The fraction of sp³-hybridized carbons (Fsp3) is 0.222. The van der Waals surface area contributed by atoms with Crippen LogP contribution in [0.25, 0.3) is 10.9 Å². The third-order valence-corrected chi connectivity index (χ3v) is 4.65. The maximum Gasteiger partial charge on any atom is 0.248 e. The number of aromatic nitrogens is 2. The Labute approximate surface area is 154 Å². The zero-order valence-corrected chi connectivity index (χ0v) is 14.6. The number of amides is 2. The average Bonchev–Trinajstić information content (AvgIpc) is 3.26. The van der Waals surface area contributed by atoms with E-state index in [1.54, 1.807) is 23.0 Å². The second-order valence-electron chi connectivity index (χ2n) is 6.03. The lowest BCUT2D eigenvalue weighted by atomic mass is 10.1. The molecule has 3 heterocycles. The largest absolute Gasteiger partial charge is 0.467 e. The van der Waals surface area contributed by atoms with Gasteiger partial charge in [0.1, 0.15) is 17.6 Å². The molecule has 0 fully saturated rings. The average molecular weight is 368 g/mol. The summed E-state index contributed by atoms with van der Waals surface area (Å²) in [6.07, 6.45) is 2.10. The highest BCUT2D eigenvalue weighted by atomic mass is 32.1. The number of hydrogen-bond acceptors (Lipinski definition) is 5. The van der Waals surface area contributed by atoms with Crippen LogP contribution >= 0.6 is 12.2 Å². The lowest BCUT2D eigenvalue weighted by Crippen LogP contribution is -2.24. The smallest absolute Gasteiger partial charge is 0.248 e. The van der Waals surface area contributed by atoms with Gasteiger partial charge in [0.05, 0.1) is 18.3 Å². The van der Waals surface area contributed by atoms with Gasteiger partial charge < -0.3 is 15.1 Å². The maximum absolute atomic E-state index is 12.4. The van der Waals surface area contributed by atoms with E-state index < -0.39 is 6.04 Å². The number of nitrogens with one attached hydrogen (secondary N) is 2. The van der Waals surface area contributed by atoms with Crippen molar-refractivity contribution in [3.05, 3.63) is 53.2 Å². The van der Waals surface area contributed by atoms with Crippen molar-refractivity contribution in [3.63, 3.8) is 0 Å². The van der Waals surface area contributed by atoms with Gasteiger partial charge in [-0.05, 0) is 42.9 Å². The Morgan fingerprint density at radius 1 is 1.31 bits per heavy atom. The van der Waals surface area contributed by atoms with Crippen LogP contribution in [0, 0.1) is 4.77 Å². The van der Waals surface area contributed by atoms with Crippen LogP contribution in [0.1, 0.15) is 24.6 Å². The Kier molecular flexibility index (Phi) is 4.26. The third kappa shape index (κ3) is 2.99. The predicted octanol–water partition coefficient (Wildman–Crippen LogP) is 2.95. The molecule has 0 saturated carbocycles. The number of furan rings is 1. The monoisotopic (exact) mass is 368 g/mol. The highest BCUT2D eigenvalue weighted by Gasteiger charge is 2.32. The fourth-order valence-corrected chi connectivity index (χ4v) is 3.42. The molecule has 8 heteroatoms. The first-order chi connectivity index (χ1) is 12.6. The van der Waals surface area contributed by atoms with Gasteiger partial charge >= 0.3 is 0 Å². The molecule has 0 aliphatic carbocycles. The second kappa shape index (κ2) is 6.72. The van der Waals surface area contributed by atoms with Crippen LogP contribution in [0.4, 0.5) is 5.82 Å². The van der Waals surface area contributed by atoms with Crippen molar-refractivity contribution in [2.24, 2.45) is 0 Å². The van der Waals surface area contributed by atoms with Gasteiger partial charge in [0, 0.05) is 11.8 Å². The number of anilines is 1. The Hall–Kier alpha value is -3.00. The van der Waals surface area contributed by atoms with Crippen molar-refractivity contribution in [1.82, 2.24) is 14.9 Å². The molecule has 2 amide bonds. The van der Waals surface area contributed by atoms with Gasteiger partial charge in [0.25, 0.3) is 0 Å². The van der Waals surface area contributed by atoms with Crippen molar-refractivity contribution in [2.75, 3.05) is 5.32 Å². The molecule has 1 atom stereocenters. The summed E-state index contributed by atoms with van der Waals surface area (Å²) >= 11 is 5.37. The molecule has 3 aromatic rings. The van der Waals surface area contributed by atoms with Crippen LogP contribution in [0.3, 0.4) is 0 Å². The minimum atomic E-state index is -0.538. The number of hydrogen-bond donors (Lipinski definition) is 2. The van der Waals surface area contributed by atoms with Crippen LogP contribution in [-0.4, -0.2) is 21.4 Å². The van der Waals surface area contributed by atoms with Gasteiger partial charge in [0.15, 0.2) is 0 Å². The quantitative estimate of drug-likeness (QED) is 0.676. The van der Waals surface area contributed by atoms with E-state index in [-0.39, 0.29) is 18.2 Å². The van der Waals surface area contributed by atoms with Gasteiger partial charge in [-0.1, -0.05) is 12.1 Å². The number of carbonyl (C=O) groups excluding carboxylic acids is 2. The number of nitrogens with zero attached hydrogens (tertiary/aromatic N) is 2. The Morgan fingerprint density at radius 2 is 2.15 bits per heavy atom. The number of carbonyl (C=O) groups is 2.